The summed E-state index contributed by atoms with van der Waals surface area (Å²) in [6.45, 7) is 3.19. The number of hydrogen-bond donors (Lipinski definition) is 1. The van der Waals surface area contributed by atoms with Crippen molar-refractivity contribution in [2.45, 2.75) is 51.0 Å². The molecule has 0 saturated heterocycles. The molecular weight excluding hydrogens is 242 g/mol. The second-order valence-corrected chi connectivity index (χ2v) is 5.26. The molecule has 0 unspecified atom stereocenters. The van der Waals surface area contributed by atoms with E-state index in [4.69, 9.17) is 15.2 Å². The fraction of sp³-hybridized carbons (Fsp3) is 0.714. The molecule has 0 aliphatic heterocycles. The van der Waals surface area contributed by atoms with E-state index in [-0.39, 0.29) is 5.54 Å². The van der Waals surface area contributed by atoms with E-state index >= 15 is 0 Å². The topological polar surface area (TPSA) is 70.3 Å². The molecule has 106 valence electrons. The van der Waals surface area contributed by atoms with Gasteiger partial charge in [-0.15, -0.1) is 0 Å². The first-order valence-electron chi connectivity index (χ1n) is 7.08. The van der Waals surface area contributed by atoms with Crippen molar-refractivity contribution in [3.63, 3.8) is 0 Å². The fourth-order valence-corrected chi connectivity index (χ4v) is 2.29. The monoisotopic (exact) mass is 265 g/mol. The molecule has 0 atom stereocenters. The predicted molar refractivity (Wildman–Crippen MR) is 73.3 cm³/mol. The Morgan fingerprint density at radius 3 is 2.53 bits per heavy atom. The van der Waals surface area contributed by atoms with E-state index in [0.717, 1.165) is 19.3 Å². The van der Waals surface area contributed by atoms with Crippen LogP contribution in [-0.4, -0.2) is 28.7 Å². The third-order valence-electron chi connectivity index (χ3n) is 3.40. The zero-order valence-corrected chi connectivity index (χ0v) is 11.6. The smallest absolute Gasteiger partial charge is 0.235 e. The Kier molecular flexibility index (Phi) is 4.96. The van der Waals surface area contributed by atoms with E-state index in [9.17, 15) is 0 Å². The lowest BCUT2D eigenvalue weighted by Gasteiger charge is -2.32. The van der Waals surface area contributed by atoms with E-state index in [2.05, 4.69) is 16.9 Å². The highest BCUT2D eigenvalue weighted by atomic mass is 16.5. The average Bonchev–Trinajstić information content (AvgIpc) is 2.44. The van der Waals surface area contributed by atoms with Crippen LogP contribution in [0.1, 0.15) is 45.4 Å². The van der Waals surface area contributed by atoms with Crippen LogP contribution in [0.25, 0.3) is 0 Å². The zero-order chi connectivity index (χ0) is 13.6. The summed E-state index contributed by atoms with van der Waals surface area (Å²) in [5.41, 5.74) is 6.11. The molecular formula is C14H23N3O2. The first-order valence-corrected chi connectivity index (χ1v) is 7.08. The lowest BCUT2D eigenvalue weighted by atomic mass is 9.83. The molecule has 5 heteroatoms. The number of hydrogen-bond acceptors (Lipinski definition) is 5. The minimum Gasteiger partial charge on any atom is -0.477 e. The van der Waals surface area contributed by atoms with E-state index in [1.165, 1.54) is 19.3 Å². The van der Waals surface area contributed by atoms with Gasteiger partial charge in [-0.3, -0.25) is 4.98 Å². The summed E-state index contributed by atoms with van der Waals surface area (Å²) < 4.78 is 11.1. The molecule has 0 amide bonds. The maximum Gasteiger partial charge on any atom is 0.235 e. The predicted octanol–water partition coefficient (Wildman–Crippen LogP) is 2.31. The molecule has 1 heterocycles. The number of nitrogens with two attached hydrogens (primary N) is 1. The Hall–Kier alpha value is -1.36. The van der Waals surface area contributed by atoms with Gasteiger partial charge in [-0.1, -0.05) is 26.2 Å². The summed E-state index contributed by atoms with van der Waals surface area (Å²) in [5, 5.41) is 0. The molecule has 0 spiro atoms. The second-order valence-electron chi connectivity index (χ2n) is 5.26. The lowest BCUT2D eigenvalue weighted by molar-refractivity contribution is 0.167. The van der Waals surface area contributed by atoms with Gasteiger partial charge in [-0.25, -0.2) is 0 Å². The van der Waals surface area contributed by atoms with Crippen LogP contribution in [0, 0.1) is 0 Å². The van der Waals surface area contributed by atoms with Crippen LogP contribution in [0.4, 0.5) is 0 Å². The lowest BCUT2D eigenvalue weighted by Crippen LogP contribution is -2.47. The van der Waals surface area contributed by atoms with Crippen molar-refractivity contribution in [2.24, 2.45) is 5.73 Å². The van der Waals surface area contributed by atoms with Crippen molar-refractivity contribution in [2.75, 3.05) is 13.2 Å². The molecule has 1 aromatic heterocycles. The van der Waals surface area contributed by atoms with Gasteiger partial charge in [-0.05, 0) is 19.3 Å². The maximum absolute atomic E-state index is 6.32. The van der Waals surface area contributed by atoms with Gasteiger partial charge in [0.25, 0.3) is 0 Å². The highest BCUT2D eigenvalue weighted by Crippen LogP contribution is 2.26. The Morgan fingerprint density at radius 2 is 1.84 bits per heavy atom. The number of ether oxygens (including phenoxy) is 2. The van der Waals surface area contributed by atoms with Crippen LogP contribution in [0.5, 0.6) is 11.8 Å². The maximum atomic E-state index is 6.32. The molecule has 1 aliphatic rings. The summed E-state index contributed by atoms with van der Waals surface area (Å²) in [7, 11) is 0. The highest BCUT2D eigenvalue weighted by molar-refractivity contribution is 5.13. The number of aromatic nitrogens is 2. The van der Waals surface area contributed by atoms with Crippen LogP contribution < -0.4 is 15.2 Å². The molecule has 5 nitrogen and oxygen atoms in total. The quantitative estimate of drug-likeness (QED) is 0.854. The van der Waals surface area contributed by atoms with Crippen LogP contribution in [-0.2, 0) is 0 Å². The van der Waals surface area contributed by atoms with Gasteiger partial charge < -0.3 is 15.2 Å². The van der Waals surface area contributed by atoms with Crippen molar-refractivity contribution in [1.29, 1.82) is 0 Å². The van der Waals surface area contributed by atoms with Gasteiger partial charge >= 0.3 is 0 Å². The summed E-state index contributed by atoms with van der Waals surface area (Å²) in [6, 6.07) is 0. The first kappa shape index (κ1) is 14.1. The molecule has 2 N–H and O–H groups in total. The Labute approximate surface area is 114 Å². The van der Waals surface area contributed by atoms with E-state index in [1.54, 1.807) is 12.4 Å². The van der Waals surface area contributed by atoms with Crippen LogP contribution in [0.2, 0.25) is 0 Å². The standard InChI is InChI=1S/C14H23N3O2/c1-2-8-18-12-9-16-10-13(17-12)19-11-14(15)6-4-3-5-7-14/h9-10H,2-8,11,15H2,1H3. The van der Waals surface area contributed by atoms with Crippen LogP contribution in [0.15, 0.2) is 12.4 Å². The normalized spacial score (nSPS) is 18.0. The fourth-order valence-electron chi connectivity index (χ4n) is 2.29. The highest BCUT2D eigenvalue weighted by Gasteiger charge is 2.28. The molecule has 2 rings (SSSR count). The third-order valence-corrected chi connectivity index (χ3v) is 3.40. The summed E-state index contributed by atoms with van der Waals surface area (Å²) >= 11 is 0. The van der Waals surface area contributed by atoms with Crippen molar-refractivity contribution in [3.05, 3.63) is 12.4 Å². The van der Waals surface area contributed by atoms with E-state index in [1.807, 2.05) is 0 Å². The van der Waals surface area contributed by atoms with E-state index < -0.39 is 0 Å². The third kappa shape index (κ3) is 4.35. The molecule has 0 bridgehead atoms. The average molecular weight is 265 g/mol. The van der Waals surface area contributed by atoms with Gasteiger partial charge in [-0.2, -0.15) is 4.98 Å². The van der Waals surface area contributed by atoms with Crippen LogP contribution in [0.3, 0.4) is 0 Å². The molecule has 1 saturated carbocycles. The minimum absolute atomic E-state index is 0.208. The van der Waals surface area contributed by atoms with Gasteiger partial charge in [0.2, 0.25) is 11.8 Å². The van der Waals surface area contributed by atoms with Crippen LogP contribution >= 0.6 is 0 Å². The molecule has 19 heavy (non-hydrogen) atoms. The molecule has 1 fully saturated rings. The largest absolute Gasteiger partial charge is 0.477 e. The Morgan fingerprint density at radius 1 is 1.16 bits per heavy atom. The second kappa shape index (κ2) is 6.70. The summed E-state index contributed by atoms with van der Waals surface area (Å²) in [4.78, 5) is 8.33. The van der Waals surface area contributed by atoms with Gasteiger partial charge in [0.05, 0.1) is 24.5 Å². The molecule has 1 aliphatic carbocycles. The molecule has 0 aromatic carbocycles. The van der Waals surface area contributed by atoms with Crippen molar-refractivity contribution in [3.8, 4) is 11.8 Å². The molecule has 0 radical (unpaired) electrons. The van der Waals surface area contributed by atoms with Gasteiger partial charge in [0.1, 0.15) is 6.61 Å². The number of rotatable bonds is 6. The van der Waals surface area contributed by atoms with Crippen molar-refractivity contribution >= 4 is 0 Å². The zero-order valence-electron chi connectivity index (χ0n) is 11.6. The Balaban J connectivity index is 1.88. The SMILES string of the molecule is CCCOc1cncc(OCC2(N)CCCCC2)n1. The van der Waals surface area contributed by atoms with E-state index in [0.29, 0.717) is 25.0 Å². The van der Waals surface area contributed by atoms with Gasteiger partial charge in [0, 0.05) is 0 Å². The minimum atomic E-state index is -0.208. The first-order chi connectivity index (χ1) is 9.22. The Bertz CT molecular complexity index is 392. The number of nitrogens with zero attached hydrogens (tertiary/aromatic N) is 2. The summed E-state index contributed by atoms with van der Waals surface area (Å²) in [5.74, 6) is 0.998. The van der Waals surface area contributed by atoms with Gasteiger partial charge in [0.15, 0.2) is 0 Å². The van der Waals surface area contributed by atoms with Crippen molar-refractivity contribution in [1.82, 2.24) is 9.97 Å². The molecule has 1 aromatic rings. The summed E-state index contributed by atoms with van der Waals surface area (Å²) in [6.07, 6.45) is 9.83. The van der Waals surface area contributed by atoms with Crippen molar-refractivity contribution < 1.29 is 9.47 Å².